The molecule has 0 aliphatic rings. The summed E-state index contributed by atoms with van der Waals surface area (Å²) in [4.78, 5) is 10.0. The van der Waals surface area contributed by atoms with Crippen LogP contribution in [0.15, 0.2) is 41.3 Å². The largest absolute Gasteiger partial charge is 0.497 e. The lowest BCUT2D eigenvalue weighted by Crippen LogP contribution is -2.01. The van der Waals surface area contributed by atoms with Crippen molar-refractivity contribution in [1.29, 1.82) is 0 Å². The molecule has 0 unspecified atom stereocenters. The zero-order valence-electron chi connectivity index (χ0n) is 12.3. The summed E-state index contributed by atoms with van der Waals surface area (Å²) in [5.41, 5.74) is 0.546. The molecule has 3 aromatic rings. The molecule has 1 aromatic heterocycles. The molecule has 0 aliphatic heterocycles. The van der Waals surface area contributed by atoms with Crippen LogP contribution in [0.1, 0.15) is 0 Å². The van der Waals surface area contributed by atoms with E-state index < -0.39 is 15.0 Å². The standard InChI is InChI=1S/C14H11N3O6S/c1-23-9-3-5-13(24(20,21)22)11(7-9)14-10-6-8(17(18)19)2-4-12(10)15-16-14/h2-7H,1H3,(H,15,16)(H,20,21,22). The van der Waals surface area contributed by atoms with Gasteiger partial charge >= 0.3 is 0 Å². The first kappa shape index (κ1) is 15.9. The summed E-state index contributed by atoms with van der Waals surface area (Å²) < 4.78 is 37.8. The molecular weight excluding hydrogens is 338 g/mol. The minimum Gasteiger partial charge on any atom is -0.497 e. The summed E-state index contributed by atoms with van der Waals surface area (Å²) in [5.74, 6) is 0.346. The normalized spacial score (nSPS) is 11.6. The monoisotopic (exact) mass is 349 g/mol. The molecule has 0 saturated carbocycles. The number of nitro benzene ring substituents is 1. The Balaban J connectivity index is 2.34. The number of H-pyrrole nitrogens is 1. The van der Waals surface area contributed by atoms with Crippen LogP contribution >= 0.6 is 0 Å². The van der Waals surface area contributed by atoms with Crippen LogP contribution in [0.2, 0.25) is 0 Å². The molecule has 2 aromatic carbocycles. The number of nitrogens with one attached hydrogen (secondary N) is 1. The number of non-ortho nitro benzene ring substituents is 1. The van der Waals surface area contributed by atoms with Gasteiger partial charge in [-0.2, -0.15) is 13.5 Å². The number of nitro groups is 1. The quantitative estimate of drug-likeness (QED) is 0.419. The smallest absolute Gasteiger partial charge is 0.295 e. The summed E-state index contributed by atoms with van der Waals surface area (Å²) in [7, 11) is -3.12. The van der Waals surface area contributed by atoms with Crippen molar-refractivity contribution in [2.45, 2.75) is 4.90 Å². The van der Waals surface area contributed by atoms with Gasteiger partial charge in [0.1, 0.15) is 16.3 Å². The summed E-state index contributed by atoms with van der Waals surface area (Å²) >= 11 is 0. The fourth-order valence-corrected chi connectivity index (χ4v) is 3.04. The van der Waals surface area contributed by atoms with Gasteiger partial charge in [0.2, 0.25) is 0 Å². The van der Waals surface area contributed by atoms with Gasteiger partial charge in [-0.25, -0.2) is 0 Å². The fraction of sp³-hybridized carbons (Fsp3) is 0.0714. The number of rotatable bonds is 4. The predicted octanol–water partition coefficient (Wildman–Crippen LogP) is 2.39. The van der Waals surface area contributed by atoms with Gasteiger partial charge in [0, 0.05) is 23.1 Å². The van der Waals surface area contributed by atoms with E-state index in [0.29, 0.717) is 16.7 Å². The van der Waals surface area contributed by atoms with E-state index in [1.807, 2.05) is 0 Å². The predicted molar refractivity (Wildman–Crippen MR) is 84.6 cm³/mol. The minimum absolute atomic E-state index is 0.0728. The molecule has 3 rings (SSSR count). The lowest BCUT2D eigenvalue weighted by Gasteiger charge is -2.08. The van der Waals surface area contributed by atoms with Gasteiger partial charge in [-0.15, -0.1) is 0 Å². The number of hydrogen-bond acceptors (Lipinski definition) is 6. The summed E-state index contributed by atoms with van der Waals surface area (Å²) in [6, 6.07) is 8.00. The highest BCUT2D eigenvalue weighted by Gasteiger charge is 2.22. The van der Waals surface area contributed by atoms with Crippen molar-refractivity contribution < 1.29 is 22.6 Å². The molecule has 124 valence electrons. The molecular formula is C14H11N3O6S. The topological polar surface area (TPSA) is 135 Å². The number of nitrogens with zero attached hydrogens (tertiary/aromatic N) is 2. The minimum atomic E-state index is -4.52. The number of aromatic amines is 1. The molecule has 24 heavy (non-hydrogen) atoms. The van der Waals surface area contributed by atoms with Crippen LogP contribution in [-0.2, 0) is 10.1 Å². The Kier molecular flexibility index (Phi) is 3.70. The maximum absolute atomic E-state index is 11.6. The van der Waals surface area contributed by atoms with Crippen LogP contribution in [0.25, 0.3) is 22.2 Å². The molecule has 0 aliphatic carbocycles. The average molecular weight is 349 g/mol. The Morgan fingerprint density at radius 2 is 2.00 bits per heavy atom. The molecule has 10 heteroatoms. The first-order chi connectivity index (χ1) is 11.3. The summed E-state index contributed by atoms with van der Waals surface area (Å²) in [5, 5.41) is 18.0. The highest BCUT2D eigenvalue weighted by atomic mass is 32.2. The molecule has 0 radical (unpaired) electrons. The highest BCUT2D eigenvalue weighted by Crippen LogP contribution is 2.35. The lowest BCUT2D eigenvalue weighted by atomic mass is 10.1. The van der Waals surface area contributed by atoms with E-state index in [0.717, 1.165) is 0 Å². The van der Waals surface area contributed by atoms with Gasteiger partial charge in [0.15, 0.2) is 0 Å². The number of benzene rings is 2. The second kappa shape index (κ2) is 5.58. The zero-order valence-corrected chi connectivity index (χ0v) is 13.1. The van der Waals surface area contributed by atoms with Crippen LogP contribution < -0.4 is 4.74 Å². The van der Waals surface area contributed by atoms with Crippen LogP contribution in [0.4, 0.5) is 5.69 Å². The lowest BCUT2D eigenvalue weighted by molar-refractivity contribution is -0.384. The van der Waals surface area contributed by atoms with Crippen LogP contribution in [0.5, 0.6) is 5.75 Å². The number of fused-ring (bicyclic) bond motifs is 1. The Morgan fingerprint density at radius 1 is 1.25 bits per heavy atom. The third kappa shape index (κ3) is 2.68. The average Bonchev–Trinajstić information content (AvgIpc) is 2.96. The van der Waals surface area contributed by atoms with E-state index in [9.17, 15) is 23.1 Å². The van der Waals surface area contributed by atoms with Gasteiger partial charge < -0.3 is 4.74 Å². The molecule has 0 amide bonds. The van der Waals surface area contributed by atoms with E-state index in [1.165, 1.54) is 43.5 Å². The second-order valence-electron chi connectivity index (χ2n) is 4.90. The Labute approximate surface area is 135 Å². The van der Waals surface area contributed by atoms with Crippen molar-refractivity contribution in [2.24, 2.45) is 0 Å². The number of aromatic nitrogens is 2. The fourth-order valence-electron chi connectivity index (χ4n) is 2.37. The Morgan fingerprint density at radius 3 is 2.62 bits per heavy atom. The van der Waals surface area contributed by atoms with Gasteiger partial charge in [-0.1, -0.05) is 0 Å². The summed E-state index contributed by atoms with van der Waals surface area (Å²) in [6.07, 6.45) is 0. The van der Waals surface area contributed by atoms with E-state index in [-0.39, 0.29) is 21.8 Å². The number of methoxy groups -OCH3 is 1. The SMILES string of the molecule is COc1ccc(S(=O)(=O)O)c(-c2n[nH]c3ccc([N+](=O)[O-])cc23)c1. The van der Waals surface area contributed by atoms with E-state index in [2.05, 4.69) is 10.2 Å². The van der Waals surface area contributed by atoms with Crippen molar-refractivity contribution in [3.63, 3.8) is 0 Å². The molecule has 0 atom stereocenters. The first-order valence-electron chi connectivity index (χ1n) is 6.59. The maximum Gasteiger partial charge on any atom is 0.295 e. The molecule has 0 saturated heterocycles. The molecule has 0 spiro atoms. The van der Waals surface area contributed by atoms with E-state index >= 15 is 0 Å². The first-order valence-corrected chi connectivity index (χ1v) is 8.03. The van der Waals surface area contributed by atoms with Gasteiger partial charge in [0.25, 0.3) is 15.8 Å². The van der Waals surface area contributed by atoms with Gasteiger partial charge in [-0.3, -0.25) is 19.8 Å². The third-order valence-electron chi connectivity index (χ3n) is 3.48. The summed E-state index contributed by atoms with van der Waals surface area (Å²) in [6.45, 7) is 0. The van der Waals surface area contributed by atoms with E-state index in [1.54, 1.807) is 0 Å². The van der Waals surface area contributed by atoms with Crippen molar-refractivity contribution in [2.75, 3.05) is 7.11 Å². The molecule has 0 bridgehead atoms. The molecule has 1 heterocycles. The molecule has 2 N–H and O–H groups in total. The van der Waals surface area contributed by atoms with Crippen molar-refractivity contribution in [1.82, 2.24) is 10.2 Å². The van der Waals surface area contributed by atoms with Crippen LogP contribution in [-0.4, -0.2) is 35.2 Å². The highest BCUT2D eigenvalue weighted by molar-refractivity contribution is 7.86. The maximum atomic E-state index is 11.6. The number of ether oxygens (including phenoxy) is 1. The molecule has 9 nitrogen and oxygen atoms in total. The van der Waals surface area contributed by atoms with Crippen molar-refractivity contribution in [3.8, 4) is 17.0 Å². The third-order valence-corrected chi connectivity index (χ3v) is 4.39. The van der Waals surface area contributed by atoms with Crippen LogP contribution in [0, 0.1) is 10.1 Å². The molecule has 0 fully saturated rings. The van der Waals surface area contributed by atoms with Crippen molar-refractivity contribution in [3.05, 3.63) is 46.5 Å². The zero-order chi connectivity index (χ0) is 17.5. The van der Waals surface area contributed by atoms with Crippen LogP contribution in [0.3, 0.4) is 0 Å². The Bertz CT molecular complexity index is 1060. The van der Waals surface area contributed by atoms with E-state index in [4.69, 9.17) is 4.74 Å². The van der Waals surface area contributed by atoms with Gasteiger partial charge in [0.05, 0.1) is 17.5 Å². The Hall–Kier alpha value is -2.98. The second-order valence-corrected chi connectivity index (χ2v) is 6.29. The van der Waals surface area contributed by atoms with Crippen molar-refractivity contribution >= 4 is 26.7 Å². The van der Waals surface area contributed by atoms with Gasteiger partial charge in [-0.05, 0) is 24.3 Å². The number of hydrogen-bond donors (Lipinski definition) is 2.